The number of alkyl halides is 2. The number of hydrogen-bond acceptors (Lipinski definition) is 7. The Morgan fingerprint density at radius 3 is 2.50 bits per heavy atom. The monoisotopic (exact) mass is 387 g/mol. The van der Waals surface area contributed by atoms with Gasteiger partial charge in [0.25, 0.3) is 6.43 Å². The van der Waals surface area contributed by atoms with Gasteiger partial charge in [0.15, 0.2) is 20.7 Å². The van der Waals surface area contributed by atoms with Crippen molar-refractivity contribution in [3.63, 3.8) is 0 Å². The fourth-order valence-electron chi connectivity index (χ4n) is 3.00. The number of sulfone groups is 1. The normalized spacial score (nSPS) is 15.7. The molecular weight excluding hydrogens is 368 g/mol. The van der Waals surface area contributed by atoms with Gasteiger partial charge in [0.1, 0.15) is 11.5 Å². The molecular formula is C15H19F2N5O3S. The number of nitrogens with zero attached hydrogens (tertiary/aromatic N) is 4. The van der Waals surface area contributed by atoms with Crippen LogP contribution in [-0.2, 0) is 16.4 Å². The molecule has 0 saturated heterocycles. The maximum Gasteiger partial charge on any atom is 0.282 e. The zero-order chi connectivity index (χ0) is 18.9. The zero-order valence-electron chi connectivity index (χ0n) is 14.1. The lowest BCUT2D eigenvalue weighted by atomic mass is 10.2. The number of nitrogens with one attached hydrogen (secondary N) is 1. The van der Waals surface area contributed by atoms with Gasteiger partial charge in [0.05, 0.1) is 6.61 Å². The van der Waals surface area contributed by atoms with Crippen molar-refractivity contribution in [3.05, 3.63) is 23.4 Å². The minimum atomic E-state index is -3.53. The topological polar surface area (TPSA) is 110 Å². The first-order valence-electron chi connectivity index (χ1n) is 8.12. The van der Waals surface area contributed by atoms with Crippen LogP contribution >= 0.6 is 0 Å². The maximum atomic E-state index is 13.3. The molecule has 2 heterocycles. The Labute approximate surface area is 149 Å². The van der Waals surface area contributed by atoms with Crippen LogP contribution in [0, 0.1) is 0 Å². The van der Waals surface area contributed by atoms with E-state index in [4.69, 9.17) is 0 Å². The van der Waals surface area contributed by atoms with E-state index in [1.807, 2.05) is 0 Å². The van der Waals surface area contributed by atoms with Gasteiger partial charge >= 0.3 is 0 Å². The van der Waals surface area contributed by atoms with Gasteiger partial charge in [-0.05, 0) is 25.0 Å². The van der Waals surface area contributed by atoms with Gasteiger partial charge in [-0.1, -0.05) is 12.8 Å². The van der Waals surface area contributed by atoms with Crippen molar-refractivity contribution in [3.8, 4) is 5.82 Å². The predicted octanol–water partition coefficient (Wildman–Crippen LogP) is 1.85. The molecule has 0 atom stereocenters. The Morgan fingerprint density at radius 1 is 1.31 bits per heavy atom. The van der Waals surface area contributed by atoms with E-state index in [1.54, 1.807) is 0 Å². The number of rotatable bonds is 6. The Hall–Kier alpha value is -2.14. The highest BCUT2D eigenvalue weighted by Gasteiger charge is 2.27. The van der Waals surface area contributed by atoms with Crippen molar-refractivity contribution in [1.29, 1.82) is 0 Å². The summed E-state index contributed by atoms with van der Waals surface area (Å²) >= 11 is 0. The average Bonchev–Trinajstić information content (AvgIpc) is 3.22. The quantitative estimate of drug-likeness (QED) is 0.778. The maximum absolute atomic E-state index is 13.3. The van der Waals surface area contributed by atoms with Gasteiger partial charge in [-0.2, -0.15) is 9.78 Å². The summed E-state index contributed by atoms with van der Waals surface area (Å²) in [6, 6.07) is 2.66. The van der Waals surface area contributed by atoms with Crippen LogP contribution in [0.15, 0.2) is 17.2 Å². The van der Waals surface area contributed by atoms with Crippen LogP contribution in [-0.4, -0.2) is 45.8 Å². The van der Waals surface area contributed by atoms with Crippen LogP contribution in [0.3, 0.4) is 0 Å². The van der Waals surface area contributed by atoms with Crippen molar-refractivity contribution in [2.45, 2.75) is 49.8 Å². The minimum absolute atomic E-state index is 0.000824. The molecule has 1 fully saturated rings. The molecule has 11 heteroatoms. The molecule has 0 amide bonds. The van der Waals surface area contributed by atoms with E-state index in [2.05, 4.69) is 20.6 Å². The Balaban J connectivity index is 2.06. The van der Waals surface area contributed by atoms with Crippen molar-refractivity contribution < 1.29 is 22.3 Å². The van der Waals surface area contributed by atoms with E-state index in [9.17, 15) is 22.3 Å². The summed E-state index contributed by atoms with van der Waals surface area (Å²) in [7, 11) is -3.53. The van der Waals surface area contributed by atoms with Crippen molar-refractivity contribution >= 4 is 15.7 Å². The lowest BCUT2D eigenvalue weighted by molar-refractivity contribution is 0.141. The van der Waals surface area contributed by atoms with Crippen LogP contribution in [0.25, 0.3) is 5.82 Å². The van der Waals surface area contributed by atoms with Gasteiger partial charge in [0, 0.05) is 17.9 Å². The van der Waals surface area contributed by atoms with Gasteiger partial charge in [-0.25, -0.2) is 17.2 Å². The molecule has 0 bridgehead atoms. The van der Waals surface area contributed by atoms with E-state index >= 15 is 0 Å². The van der Waals surface area contributed by atoms with Crippen LogP contribution < -0.4 is 5.32 Å². The van der Waals surface area contributed by atoms with Crippen molar-refractivity contribution in [1.82, 2.24) is 20.0 Å². The van der Waals surface area contributed by atoms with Gasteiger partial charge in [-0.15, -0.1) is 10.2 Å². The molecule has 142 valence electrons. The minimum Gasteiger partial charge on any atom is -0.391 e. The fraction of sp³-hybridized carbons (Fsp3) is 0.533. The Bertz CT molecular complexity index is 877. The largest absolute Gasteiger partial charge is 0.391 e. The first kappa shape index (κ1) is 18.6. The fourth-order valence-corrected chi connectivity index (χ4v) is 3.50. The first-order chi connectivity index (χ1) is 12.3. The van der Waals surface area contributed by atoms with Crippen LogP contribution in [0.1, 0.15) is 43.4 Å². The molecule has 3 rings (SSSR count). The highest BCUT2D eigenvalue weighted by molar-refractivity contribution is 7.90. The molecule has 0 aliphatic heterocycles. The van der Waals surface area contributed by atoms with E-state index < -0.39 is 28.6 Å². The molecule has 1 saturated carbocycles. The third-order valence-electron chi connectivity index (χ3n) is 4.30. The second kappa shape index (κ2) is 7.23. The standard InChI is InChI=1S/C15H19F2N5O3S/c1-26(24,25)12-7-6-11(19-20-12)22-15(18-9-4-2-3-5-9)10(8-23)13(21-22)14(16)17/h6-7,9,14,18,23H,2-5,8H2,1H3. The van der Waals surface area contributed by atoms with Gasteiger partial charge in [0.2, 0.25) is 0 Å². The average molecular weight is 387 g/mol. The molecule has 0 radical (unpaired) electrons. The van der Waals surface area contributed by atoms with Gasteiger partial charge < -0.3 is 10.4 Å². The summed E-state index contributed by atoms with van der Waals surface area (Å²) in [5.74, 6) is 0.315. The lowest BCUT2D eigenvalue weighted by Crippen LogP contribution is -2.19. The number of aliphatic hydroxyl groups excluding tert-OH is 1. The molecule has 0 spiro atoms. The number of aliphatic hydroxyl groups is 1. The number of anilines is 1. The van der Waals surface area contributed by atoms with Gasteiger partial charge in [-0.3, -0.25) is 0 Å². The molecule has 2 N–H and O–H groups in total. The molecule has 1 aliphatic carbocycles. The molecule has 0 aromatic carbocycles. The Morgan fingerprint density at radius 2 is 2.00 bits per heavy atom. The SMILES string of the molecule is CS(=O)(=O)c1ccc(-n2nc(C(F)F)c(CO)c2NC2CCCC2)nn1. The third-order valence-corrected chi connectivity index (χ3v) is 5.28. The second-order valence-electron chi connectivity index (χ2n) is 6.21. The van der Waals surface area contributed by atoms with E-state index in [0.29, 0.717) is 0 Å². The van der Waals surface area contributed by atoms with E-state index in [-0.39, 0.29) is 28.3 Å². The summed E-state index contributed by atoms with van der Waals surface area (Å²) < 4.78 is 50.8. The summed E-state index contributed by atoms with van der Waals surface area (Å²) in [5.41, 5.74) is -0.539. The van der Waals surface area contributed by atoms with Crippen molar-refractivity contribution in [2.75, 3.05) is 11.6 Å². The van der Waals surface area contributed by atoms with Crippen molar-refractivity contribution in [2.24, 2.45) is 0 Å². The summed E-state index contributed by atoms with van der Waals surface area (Å²) in [6.45, 7) is -0.608. The molecule has 26 heavy (non-hydrogen) atoms. The summed E-state index contributed by atoms with van der Waals surface area (Å²) in [5, 5.41) is 23.8. The Kier molecular flexibility index (Phi) is 5.19. The summed E-state index contributed by atoms with van der Waals surface area (Å²) in [4.78, 5) is 0. The molecule has 0 unspecified atom stereocenters. The smallest absolute Gasteiger partial charge is 0.282 e. The molecule has 2 aromatic rings. The van der Waals surface area contributed by atoms with E-state index in [0.717, 1.165) is 36.6 Å². The van der Waals surface area contributed by atoms with Crippen LogP contribution in [0.2, 0.25) is 0 Å². The number of halogens is 2. The zero-order valence-corrected chi connectivity index (χ0v) is 14.9. The molecule has 1 aliphatic rings. The molecule has 2 aromatic heterocycles. The number of hydrogen-bond donors (Lipinski definition) is 2. The summed E-state index contributed by atoms with van der Waals surface area (Å²) in [6.07, 6.45) is 1.97. The second-order valence-corrected chi connectivity index (χ2v) is 8.17. The lowest BCUT2D eigenvalue weighted by Gasteiger charge is -2.16. The third kappa shape index (κ3) is 3.68. The molecule has 8 nitrogen and oxygen atoms in total. The van der Waals surface area contributed by atoms with Crippen LogP contribution in [0.4, 0.5) is 14.6 Å². The highest BCUT2D eigenvalue weighted by atomic mass is 32.2. The van der Waals surface area contributed by atoms with Crippen LogP contribution in [0.5, 0.6) is 0 Å². The first-order valence-corrected chi connectivity index (χ1v) is 10.0. The number of aromatic nitrogens is 4. The highest BCUT2D eigenvalue weighted by Crippen LogP contribution is 2.32. The predicted molar refractivity (Wildman–Crippen MR) is 89.0 cm³/mol. The van der Waals surface area contributed by atoms with E-state index in [1.165, 1.54) is 12.1 Å².